The summed E-state index contributed by atoms with van der Waals surface area (Å²) in [7, 11) is -3.02. The van der Waals surface area contributed by atoms with Gasteiger partial charge in [-0.05, 0) is 25.8 Å². The fourth-order valence-electron chi connectivity index (χ4n) is 2.95. The third-order valence-electron chi connectivity index (χ3n) is 3.73. The number of hydrogen-bond donors (Lipinski definition) is 1. The van der Waals surface area contributed by atoms with E-state index >= 15 is 0 Å². The van der Waals surface area contributed by atoms with Crippen molar-refractivity contribution >= 4 is 15.8 Å². The minimum Gasteiger partial charge on any atom is -0.480 e. The van der Waals surface area contributed by atoms with Gasteiger partial charge in [0.05, 0.1) is 18.1 Å². The monoisotopic (exact) mass is 311 g/mol. The van der Waals surface area contributed by atoms with Crippen molar-refractivity contribution in [1.82, 2.24) is 4.90 Å². The molecule has 1 atom stereocenters. The summed E-state index contributed by atoms with van der Waals surface area (Å²) in [5.41, 5.74) is 3.27. The molecule has 1 saturated heterocycles. The molecule has 0 spiro atoms. The van der Waals surface area contributed by atoms with Gasteiger partial charge in [-0.2, -0.15) is 0 Å². The number of rotatable bonds is 5. The molecule has 0 aromatic heterocycles. The number of sulfone groups is 1. The molecular weight excluding hydrogens is 290 g/mol. The molecule has 1 unspecified atom stereocenters. The number of carboxylic acid groups (broad SMARTS) is 1. The van der Waals surface area contributed by atoms with Crippen LogP contribution in [0.4, 0.5) is 0 Å². The van der Waals surface area contributed by atoms with Gasteiger partial charge in [-0.15, -0.1) is 0 Å². The Bertz CT molecular complexity index is 619. The van der Waals surface area contributed by atoms with Gasteiger partial charge in [-0.3, -0.25) is 9.69 Å². The lowest BCUT2D eigenvalue weighted by atomic mass is 10.1. The van der Waals surface area contributed by atoms with Gasteiger partial charge in [0, 0.05) is 12.6 Å². The van der Waals surface area contributed by atoms with E-state index in [2.05, 4.69) is 6.07 Å². The van der Waals surface area contributed by atoms with E-state index in [-0.39, 0.29) is 24.1 Å². The first kappa shape index (κ1) is 16.0. The Labute approximate surface area is 125 Å². The Morgan fingerprint density at radius 3 is 2.38 bits per heavy atom. The molecule has 5 nitrogen and oxygen atoms in total. The predicted octanol–water partition coefficient (Wildman–Crippen LogP) is 1.38. The molecule has 0 amide bonds. The first-order valence-electron chi connectivity index (χ1n) is 6.98. The Hall–Kier alpha value is -1.40. The summed E-state index contributed by atoms with van der Waals surface area (Å²) in [4.78, 5) is 12.8. The Morgan fingerprint density at radius 2 is 1.90 bits per heavy atom. The van der Waals surface area contributed by atoms with E-state index < -0.39 is 15.8 Å². The van der Waals surface area contributed by atoms with Crippen molar-refractivity contribution in [3.63, 3.8) is 0 Å². The van der Waals surface area contributed by atoms with E-state index in [0.717, 1.165) is 16.7 Å². The molecule has 0 aliphatic carbocycles. The zero-order chi connectivity index (χ0) is 15.6. The summed E-state index contributed by atoms with van der Waals surface area (Å²) in [6.07, 6.45) is 0.514. The summed E-state index contributed by atoms with van der Waals surface area (Å²) in [6.45, 7) is 4.33. The molecule has 21 heavy (non-hydrogen) atoms. The molecule has 1 aliphatic rings. The molecular formula is C15H21NO4S. The summed E-state index contributed by atoms with van der Waals surface area (Å²) in [5.74, 6) is -0.713. The molecule has 116 valence electrons. The van der Waals surface area contributed by atoms with Crippen molar-refractivity contribution in [2.45, 2.75) is 32.9 Å². The fourth-order valence-corrected chi connectivity index (χ4v) is 4.71. The van der Waals surface area contributed by atoms with Crippen LogP contribution in [0.2, 0.25) is 0 Å². The van der Waals surface area contributed by atoms with Crippen molar-refractivity contribution in [3.05, 3.63) is 34.9 Å². The van der Waals surface area contributed by atoms with Gasteiger partial charge in [0.15, 0.2) is 9.84 Å². The molecule has 6 heteroatoms. The minimum absolute atomic E-state index is 0.0606. The zero-order valence-corrected chi connectivity index (χ0v) is 13.2. The molecule has 0 bridgehead atoms. The summed E-state index contributed by atoms with van der Waals surface area (Å²) in [6, 6.07) is 5.90. The maximum atomic E-state index is 11.6. The average molecular weight is 311 g/mol. The molecule has 2 rings (SSSR count). The van der Waals surface area contributed by atoms with Gasteiger partial charge in [0.2, 0.25) is 0 Å². The van der Waals surface area contributed by atoms with Gasteiger partial charge >= 0.3 is 5.97 Å². The van der Waals surface area contributed by atoms with Crippen LogP contribution in [0.25, 0.3) is 0 Å². The normalized spacial score (nSPS) is 20.8. The summed E-state index contributed by atoms with van der Waals surface area (Å²) < 4.78 is 23.2. The van der Waals surface area contributed by atoms with E-state index in [9.17, 15) is 13.2 Å². The lowest BCUT2D eigenvalue weighted by molar-refractivity contribution is -0.139. The van der Waals surface area contributed by atoms with Crippen molar-refractivity contribution in [2.75, 3.05) is 18.1 Å². The summed E-state index contributed by atoms with van der Waals surface area (Å²) >= 11 is 0. The smallest absolute Gasteiger partial charge is 0.317 e. The second kappa shape index (κ2) is 6.15. The third-order valence-corrected chi connectivity index (χ3v) is 5.48. The van der Waals surface area contributed by atoms with Gasteiger partial charge in [0.1, 0.15) is 0 Å². The largest absolute Gasteiger partial charge is 0.480 e. The zero-order valence-electron chi connectivity index (χ0n) is 12.4. The van der Waals surface area contributed by atoms with Crippen molar-refractivity contribution in [1.29, 1.82) is 0 Å². The maximum Gasteiger partial charge on any atom is 0.317 e. The third kappa shape index (κ3) is 4.54. The second-order valence-corrected chi connectivity index (χ2v) is 8.08. The van der Waals surface area contributed by atoms with E-state index in [1.165, 1.54) is 0 Å². The number of nitrogens with zero attached hydrogens (tertiary/aromatic N) is 1. The second-order valence-electron chi connectivity index (χ2n) is 5.85. The van der Waals surface area contributed by atoms with E-state index in [1.807, 2.05) is 26.0 Å². The van der Waals surface area contributed by atoms with Crippen LogP contribution in [-0.2, 0) is 21.2 Å². The number of aliphatic carboxylic acids is 1. The number of carboxylic acids is 1. The molecule has 0 radical (unpaired) electrons. The molecule has 1 fully saturated rings. The molecule has 1 aliphatic heterocycles. The number of benzene rings is 1. The van der Waals surface area contributed by atoms with Crippen molar-refractivity contribution in [2.24, 2.45) is 0 Å². The van der Waals surface area contributed by atoms with Crippen LogP contribution in [0.15, 0.2) is 18.2 Å². The van der Waals surface area contributed by atoms with Crippen LogP contribution in [0, 0.1) is 13.8 Å². The average Bonchev–Trinajstić information content (AvgIpc) is 2.67. The highest BCUT2D eigenvalue weighted by atomic mass is 32.2. The number of hydrogen-bond acceptors (Lipinski definition) is 4. The Kier molecular flexibility index (Phi) is 4.68. The van der Waals surface area contributed by atoms with Crippen LogP contribution in [-0.4, -0.2) is 48.5 Å². The fraction of sp³-hybridized carbons (Fsp3) is 0.533. The van der Waals surface area contributed by atoms with Gasteiger partial charge < -0.3 is 5.11 Å². The first-order valence-corrected chi connectivity index (χ1v) is 8.81. The quantitative estimate of drug-likeness (QED) is 0.889. The van der Waals surface area contributed by atoms with Crippen molar-refractivity contribution < 1.29 is 18.3 Å². The van der Waals surface area contributed by atoms with Gasteiger partial charge in [0.25, 0.3) is 0 Å². The molecule has 1 heterocycles. The van der Waals surface area contributed by atoms with Crippen LogP contribution in [0.5, 0.6) is 0 Å². The minimum atomic E-state index is -3.02. The number of aryl methyl sites for hydroxylation is 2. The van der Waals surface area contributed by atoms with Gasteiger partial charge in [-0.1, -0.05) is 29.3 Å². The summed E-state index contributed by atoms with van der Waals surface area (Å²) in [5, 5.41) is 9.07. The maximum absolute atomic E-state index is 11.6. The highest BCUT2D eigenvalue weighted by Crippen LogP contribution is 2.20. The topological polar surface area (TPSA) is 74.7 Å². The van der Waals surface area contributed by atoms with Gasteiger partial charge in [-0.25, -0.2) is 8.42 Å². The lowest BCUT2D eigenvalue weighted by Gasteiger charge is -2.26. The van der Waals surface area contributed by atoms with Crippen LogP contribution in [0.1, 0.15) is 23.1 Å². The van der Waals surface area contributed by atoms with Crippen LogP contribution in [0.3, 0.4) is 0 Å². The highest BCUT2D eigenvalue weighted by molar-refractivity contribution is 7.91. The Morgan fingerprint density at radius 1 is 1.29 bits per heavy atom. The van der Waals surface area contributed by atoms with E-state index in [0.29, 0.717) is 13.0 Å². The predicted molar refractivity (Wildman–Crippen MR) is 81.0 cm³/mol. The SMILES string of the molecule is Cc1cc(C)cc(CN(CC(=O)O)C2CCS(=O)(=O)C2)c1. The standard InChI is InChI=1S/C15H21NO4S/c1-11-5-12(2)7-13(6-11)8-16(9-15(17)18)14-3-4-21(19,20)10-14/h5-7,14H,3-4,8-10H2,1-2H3,(H,17,18). The van der Waals surface area contributed by atoms with Crippen LogP contribution >= 0.6 is 0 Å². The highest BCUT2D eigenvalue weighted by Gasteiger charge is 2.33. The number of carbonyl (C=O) groups is 1. The Balaban J connectivity index is 2.18. The van der Waals surface area contributed by atoms with Crippen LogP contribution < -0.4 is 0 Å². The lowest BCUT2D eigenvalue weighted by Crippen LogP contribution is -2.39. The molecule has 1 N–H and O–H groups in total. The van der Waals surface area contributed by atoms with E-state index in [4.69, 9.17) is 5.11 Å². The van der Waals surface area contributed by atoms with E-state index in [1.54, 1.807) is 4.90 Å². The molecule has 1 aromatic rings. The molecule has 1 aromatic carbocycles. The first-order chi connectivity index (χ1) is 9.75. The molecule has 0 saturated carbocycles. The van der Waals surface area contributed by atoms with Crippen molar-refractivity contribution in [3.8, 4) is 0 Å².